The van der Waals surface area contributed by atoms with Gasteiger partial charge < -0.3 is 9.72 Å². The Kier molecular flexibility index (Phi) is 4.05. The Hall–Kier alpha value is -1.84. The van der Waals surface area contributed by atoms with E-state index in [-0.39, 0.29) is 5.97 Å². The van der Waals surface area contributed by atoms with Crippen molar-refractivity contribution >= 4 is 17.0 Å². The minimum atomic E-state index is -0.359. The molecule has 0 aliphatic heterocycles. The van der Waals surface area contributed by atoms with Gasteiger partial charge in [-0.3, -0.25) is 0 Å². The Morgan fingerprint density at radius 3 is 2.69 bits per heavy atom. The molecule has 0 saturated carbocycles. The number of aryl methyl sites for hydroxylation is 1. The number of aromatic nitrogens is 2. The van der Waals surface area contributed by atoms with Gasteiger partial charge in [-0.2, -0.15) is 0 Å². The van der Waals surface area contributed by atoms with Crippen molar-refractivity contribution < 1.29 is 9.53 Å². The summed E-state index contributed by atoms with van der Waals surface area (Å²) in [6.45, 7) is 5.85. The zero-order valence-electron chi connectivity index (χ0n) is 10.00. The first-order chi connectivity index (χ1) is 7.72. The zero-order valence-corrected chi connectivity index (χ0v) is 10.00. The highest BCUT2D eigenvalue weighted by Gasteiger charge is 2.12. The first kappa shape index (κ1) is 12.2. The molecule has 1 aromatic heterocycles. The molecule has 0 unspecified atom stereocenters. The lowest BCUT2D eigenvalue weighted by Gasteiger charge is -1.98. The largest absolute Gasteiger partial charge is 0.465 e. The second-order valence-electron chi connectivity index (χ2n) is 3.02. The first-order valence-corrected chi connectivity index (χ1v) is 5.26. The van der Waals surface area contributed by atoms with Crippen molar-refractivity contribution in [2.45, 2.75) is 20.8 Å². The maximum Gasteiger partial charge on any atom is 0.340 e. The van der Waals surface area contributed by atoms with Crippen molar-refractivity contribution in [2.75, 3.05) is 7.11 Å². The summed E-state index contributed by atoms with van der Waals surface area (Å²) in [5.74, 6) is 0.429. The molecule has 0 amide bonds. The summed E-state index contributed by atoms with van der Waals surface area (Å²) in [5.41, 5.74) is 2.01. The van der Waals surface area contributed by atoms with E-state index in [4.69, 9.17) is 0 Å². The van der Waals surface area contributed by atoms with E-state index in [2.05, 4.69) is 14.7 Å². The molecule has 2 aromatic rings. The van der Waals surface area contributed by atoms with E-state index in [1.807, 2.05) is 26.8 Å². The van der Waals surface area contributed by atoms with Crippen molar-refractivity contribution in [3.05, 3.63) is 29.6 Å². The van der Waals surface area contributed by atoms with Gasteiger partial charge in [0, 0.05) is 0 Å². The molecule has 0 spiro atoms. The molecular weight excluding hydrogens is 204 g/mol. The fourth-order valence-electron chi connectivity index (χ4n) is 1.43. The number of ether oxygens (including phenoxy) is 1. The van der Waals surface area contributed by atoms with Gasteiger partial charge in [0.05, 0.1) is 18.2 Å². The Labute approximate surface area is 94.6 Å². The predicted octanol–water partition coefficient (Wildman–Crippen LogP) is 2.68. The van der Waals surface area contributed by atoms with Gasteiger partial charge in [-0.1, -0.05) is 19.9 Å². The molecule has 16 heavy (non-hydrogen) atoms. The minimum Gasteiger partial charge on any atom is -0.465 e. The van der Waals surface area contributed by atoms with Crippen LogP contribution in [0.3, 0.4) is 0 Å². The van der Waals surface area contributed by atoms with Gasteiger partial charge in [0.1, 0.15) is 11.3 Å². The van der Waals surface area contributed by atoms with Crippen molar-refractivity contribution in [1.82, 2.24) is 9.97 Å². The Morgan fingerprint density at radius 1 is 1.38 bits per heavy atom. The van der Waals surface area contributed by atoms with Crippen LogP contribution in [0.2, 0.25) is 0 Å². The fourth-order valence-corrected chi connectivity index (χ4v) is 1.43. The van der Waals surface area contributed by atoms with Crippen LogP contribution in [-0.2, 0) is 4.74 Å². The lowest BCUT2D eigenvalue weighted by Crippen LogP contribution is -2.01. The van der Waals surface area contributed by atoms with Crippen LogP contribution >= 0.6 is 0 Å². The number of fused-ring (bicyclic) bond motifs is 1. The van der Waals surface area contributed by atoms with E-state index in [1.54, 1.807) is 12.1 Å². The number of hydrogen-bond acceptors (Lipinski definition) is 3. The molecule has 0 bridgehead atoms. The van der Waals surface area contributed by atoms with Gasteiger partial charge in [-0.05, 0) is 19.1 Å². The SMILES string of the molecule is CC.COC(=O)c1cccc2[nH]c(C)nc12. The molecular formula is C12H16N2O2. The van der Waals surface area contributed by atoms with E-state index >= 15 is 0 Å². The van der Waals surface area contributed by atoms with Gasteiger partial charge in [-0.25, -0.2) is 9.78 Å². The normalized spacial score (nSPS) is 9.50. The summed E-state index contributed by atoms with van der Waals surface area (Å²) in [5, 5.41) is 0. The standard InChI is InChI=1S/C10H10N2O2.C2H6/c1-6-11-8-5-3-4-7(9(8)12-6)10(13)14-2;1-2/h3-5H,1-2H3,(H,11,12);1-2H3. The Morgan fingerprint density at radius 2 is 2.06 bits per heavy atom. The van der Waals surface area contributed by atoms with Crippen LogP contribution in [0, 0.1) is 6.92 Å². The molecule has 1 N–H and O–H groups in total. The van der Waals surface area contributed by atoms with Crippen molar-refractivity contribution in [2.24, 2.45) is 0 Å². The highest BCUT2D eigenvalue weighted by Crippen LogP contribution is 2.16. The maximum absolute atomic E-state index is 11.4. The highest BCUT2D eigenvalue weighted by atomic mass is 16.5. The molecule has 1 aromatic carbocycles. The molecule has 0 aliphatic rings. The Balaban J connectivity index is 0.000000606. The predicted molar refractivity (Wildman–Crippen MR) is 63.5 cm³/mol. The van der Waals surface area contributed by atoms with E-state index in [9.17, 15) is 4.79 Å². The number of carbonyl (C=O) groups excluding carboxylic acids is 1. The third-order valence-corrected chi connectivity index (χ3v) is 2.04. The average molecular weight is 220 g/mol. The number of rotatable bonds is 1. The average Bonchev–Trinajstić information content (AvgIpc) is 2.70. The molecule has 0 fully saturated rings. The number of esters is 1. The summed E-state index contributed by atoms with van der Waals surface area (Å²) in [6.07, 6.45) is 0. The van der Waals surface area contributed by atoms with Crippen LogP contribution in [-0.4, -0.2) is 23.0 Å². The molecule has 0 atom stereocenters. The second kappa shape index (κ2) is 5.30. The van der Waals surface area contributed by atoms with E-state index in [1.165, 1.54) is 7.11 Å². The molecule has 2 rings (SSSR count). The van der Waals surface area contributed by atoms with Crippen LogP contribution < -0.4 is 0 Å². The number of benzene rings is 1. The van der Waals surface area contributed by atoms with Crippen LogP contribution in [0.25, 0.3) is 11.0 Å². The van der Waals surface area contributed by atoms with Crippen molar-refractivity contribution in [1.29, 1.82) is 0 Å². The maximum atomic E-state index is 11.4. The van der Waals surface area contributed by atoms with E-state index < -0.39 is 0 Å². The molecule has 0 radical (unpaired) electrons. The van der Waals surface area contributed by atoms with Gasteiger partial charge in [0.2, 0.25) is 0 Å². The molecule has 0 saturated heterocycles. The van der Waals surface area contributed by atoms with Gasteiger partial charge in [0.25, 0.3) is 0 Å². The summed E-state index contributed by atoms with van der Waals surface area (Å²) < 4.78 is 4.66. The third kappa shape index (κ3) is 2.21. The zero-order chi connectivity index (χ0) is 12.1. The molecule has 0 aliphatic carbocycles. The second-order valence-corrected chi connectivity index (χ2v) is 3.02. The number of carbonyl (C=O) groups is 1. The van der Waals surface area contributed by atoms with Crippen LogP contribution in [0.1, 0.15) is 30.0 Å². The molecule has 86 valence electrons. The monoisotopic (exact) mass is 220 g/mol. The molecule has 4 heteroatoms. The fraction of sp³-hybridized carbons (Fsp3) is 0.333. The van der Waals surface area contributed by atoms with E-state index in [0.29, 0.717) is 11.1 Å². The quantitative estimate of drug-likeness (QED) is 0.752. The highest BCUT2D eigenvalue weighted by molar-refractivity contribution is 6.01. The molecule has 1 heterocycles. The smallest absolute Gasteiger partial charge is 0.340 e. The van der Waals surface area contributed by atoms with Gasteiger partial charge in [0.15, 0.2) is 0 Å². The number of nitrogens with zero attached hydrogens (tertiary/aromatic N) is 1. The number of nitrogens with one attached hydrogen (secondary N) is 1. The van der Waals surface area contributed by atoms with Gasteiger partial charge >= 0.3 is 5.97 Å². The van der Waals surface area contributed by atoms with Crippen LogP contribution in [0.4, 0.5) is 0 Å². The first-order valence-electron chi connectivity index (χ1n) is 5.26. The lowest BCUT2D eigenvalue weighted by molar-refractivity contribution is 0.0603. The van der Waals surface area contributed by atoms with Gasteiger partial charge in [-0.15, -0.1) is 0 Å². The summed E-state index contributed by atoms with van der Waals surface area (Å²) in [4.78, 5) is 18.6. The van der Waals surface area contributed by atoms with E-state index in [0.717, 1.165) is 11.3 Å². The van der Waals surface area contributed by atoms with Crippen LogP contribution in [0.15, 0.2) is 18.2 Å². The third-order valence-electron chi connectivity index (χ3n) is 2.04. The number of hydrogen-bond donors (Lipinski definition) is 1. The lowest BCUT2D eigenvalue weighted by atomic mass is 10.2. The number of aromatic amines is 1. The number of para-hydroxylation sites is 1. The molecule has 4 nitrogen and oxygen atoms in total. The van der Waals surface area contributed by atoms with Crippen LogP contribution in [0.5, 0.6) is 0 Å². The number of H-pyrrole nitrogens is 1. The van der Waals surface area contributed by atoms with Crippen molar-refractivity contribution in [3.63, 3.8) is 0 Å². The summed E-state index contributed by atoms with van der Waals surface area (Å²) >= 11 is 0. The van der Waals surface area contributed by atoms with Crippen molar-refractivity contribution in [3.8, 4) is 0 Å². The summed E-state index contributed by atoms with van der Waals surface area (Å²) in [6, 6.07) is 5.38. The number of methoxy groups -OCH3 is 1. The Bertz CT molecular complexity index is 489. The summed E-state index contributed by atoms with van der Waals surface area (Å²) in [7, 11) is 1.36. The number of imidazole rings is 1. The minimum absolute atomic E-state index is 0.359. The topological polar surface area (TPSA) is 55.0 Å².